The maximum atomic E-state index is 13.1. The van der Waals surface area contributed by atoms with Gasteiger partial charge in [0.15, 0.2) is 0 Å². The third-order valence-electron chi connectivity index (χ3n) is 5.09. The third-order valence-corrected chi connectivity index (χ3v) is 5.09. The van der Waals surface area contributed by atoms with Gasteiger partial charge >= 0.3 is 6.18 Å². The van der Waals surface area contributed by atoms with Gasteiger partial charge in [-0.2, -0.15) is 13.2 Å². The second kappa shape index (κ2) is 7.61. The van der Waals surface area contributed by atoms with E-state index in [9.17, 15) is 22.4 Å². The maximum absolute atomic E-state index is 13.1. The van der Waals surface area contributed by atoms with E-state index in [0.717, 1.165) is 22.8 Å². The number of rotatable bonds is 3. The van der Waals surface area contributed by atoms with Gasteiger partial charge in [0.05, 0.1) is 5.56 Å². The molecule has 2 aromatic rings. The van der Waals surface area contributed by atoms with Crippen molar-refractivity contribution in [3.05, 3.63) is 83.2 Å². The van der Waals surface area contributed by atoms with Crippen molar-refractivity contribution in [1.82, 2.24) is 9.96 Å². The van der Waals surface area contributed by atoms with E-state index in [4.69, 9.17) is 4.84 Å². The first-order chi connectivity index (χ1) is 13.8. The lowest BCUT2D eigenvalue weighted by atomic mass is 9.96. The van der Waals surface area contributed by atoms with Crippen LogP contribution < -0.4 is 0 Å². The van der Waals surface area contributed by atoms with E-state index < -0.39 is 23.8 Å². The van der Waals surface area contributed by atoms with E-state index in [0.29, 0.717) is 13.0 Å². The summed E-state index contributed by atoms with van der Waals surface area (Å²) in [4.78, 5) is 20.6. The first-order valence-electron chi connectivity index (χ1n) is 9.12. The zero-order valence-corrected chi connectivity index (χ0v) is 15.3. The Hall–Kier alpha value is -2.71. The molecule has 4 rings (SSSR count). The summed E-state index contributed by atoms with van der Waals surface area (Å²) in [6.45, 7) is 0.708. The number of carbonyl (C=O) groups excluding carboxylic acids is 1. The minimum Gasteiger partial charge on any atom is -0.274 e. The number of alkyl halides is 3. The number of hydrogen-bond donors (Lipinski definition) is 0. The van der Waals surface area contributed by atoms with E-state index in [1.54, 1.807) is 12.1 Å². The number of nitrogens with zero attached hydrogens (tertiary/aromatic N) is 2. The molecule has 4 nitrogen and oxygen atoms in total. The van der Waals surface area contributed by atoms with Crippen LogP contribution in [0.1, 0.15) is 21.5 Å². The number of carbonyl (C=O) groups is 1. The van der Waals surface area contributed by atoms with Crippen LogP contribution in [0.3, 0.4) is 0 Å². The van der Waals surface area contributed by atoms with Crippen LogP contribution in [-0.2, 0) is 17.4 Å². The summed E-state index contributed by atoms with van der Waals surface area (Å²) in [6.07, 6.45) is -0.589. The zero-order valence-electron chi connectivity index (χ0n) is 15.3. The molecule has 29 heavy (non-hydrogen) atoms. The fourth-order valence-electron chi connectivity index (χ4n) is 3.61. The Morgan fingerprint density at radius 3 is 2.59 bits per heavy atom. The lowest BCUT2D eigenvalue weighted by molar-refractivity contribution is -0.230. The molecule has 152 valence electrons. The molecule has 3 atom stereocenters. The van der Waals surface area contributed by atoms with Crippen LogP contribution in [0.4, 0.5) is 17.6 Å². The van der Waals surface area contributed by atoms with Gasteiger partial charge in [0.25, 0.3) is 5.91 Å². The van der Waals surface area contributed by atoms with E-state index in [1.165, 1.54) is 24.3 Å². The molecule has 2 heterocycles. The second-order valence-corrected chi connectivity index (χ2v) is 7.07. The average molecular weight is 406 g/mol. The van der Waals surface area contributed by atoms with Crippen LogP contribution in [-0.4, -0.2) is 41.2 Å². The minimum atomic E-state index is -4.53. The number of benzene rings is 2. The second-order valence-electron chi connectivity index (χ2n) is 7.07. The Morgan fingerprint density at radius 2 is 1.90 bits per heavy atom. The summed E-state index contributed by atoms with van der Waals surface area (Å²) in [6, 6.07) is 10.4. The summed E-state index contributed by atoms with van der Waals surface area (Å²) in [5.74, 6) is -0.937. The quantitative estimate of drug-likeness (QED) is 0.570. The Balaban J connectivity index is 1.51. The standard InChI is InChI=1S/C21H18F4N2O2/c22-17-8-6-14(7-9-17)11-18-19-5-2-10-26(18)13-27(29-19)20(28)15-3-1-4-16(12-15)21(23,24)25/h1-9,12,18-19H,10-11,13H2. The summed E-state index contributed by atoms with van der Waals surface area (Å²) in [5.41, 5.74) is -0.0297. The molecule has 1 fully saturated rings. The molecule has 0 N–H and O–H groups in total. The van der Waals surface area contributed by atoms with Crippen molar-refractivity contribution in [1.29, 1.82) is 0 Å². The first kappa shape index (κ1) is 19.6. The number of hydrogen-bond acceptors (Lipinski definition) is 3. The van der Waals surface area contributed by atoms with Gasteiger partial charge < -0.3 is 0 Å². The molecule has 2 aliphatic rings. The molecule has 1 amide bonds. The molecule has 2 aliphatic heterocycles. The lowest BCUT2D eigenvalue weighted by Gasteiger charge is -2.46. The minimum absolute atomic E-state index is 0.0592. The Morgan fingerprint density at radius 1 is 1.14 bits per heavy atom. The molecular weight excluding hydrogens is 388 g/mol. The van der Waals surface area contributed by atoms with Crippen LogP contribution in [0.15, 0.2) is 60.7 Å². The highest BCUT2D eigenvalue weighted by molar-refractivity contribution is 5.93. The van der Waals surface area contributed by atoms with Crippen LogP contribution >= 0.6 is 0 Å². The van der Waals surface area contributed by atoms with E-state index in [1.807, 2.05) is 17.1 Å². The monoisotopic (exact) mass is 406 g/mol. The fraction of sp³-hybridized carbons (Fsp3) is 0.286. The highest BCUT2D eigenvalue weighted by Crippen LogP contribution is 2.31. The molecular formula is C21H18F4N2O2. The molecule has 2 aromatic carbocycles. The topological polar surface area (TPSA) is 32.8 Å². The molecule has 0 aliphatic carbocycles. The Labute approximate surface area is 164 Å². The van der Waals surface area contributed by atoms with Gasteiger partial charge in [-0.05, 0) is 42.3 Å². The first-order valence-corrected chi connectivity index (χ1v) is 9.12. The molecule has 0 spiro atoms. The van der Waals surface area contributed by atoms with Crippen molar-refractivity contribution in [2.24, 2.45) is 0 Å². The highest BCUT2D eigenvalue weighted by Gasteiger charge is 2.39. The summed E-state index contributed by atoms with van der Waals surface area (Å²) >= 11 is 0. The largest absolute Gasteiger partial charge is 0.416 e. The van der Waals surface area contributed by atoms with Gasteiger partial charge in [0.1, 0.15) is 18.6 Å². The van der Waals surface area contributed by atoms with E-state index >= 15 is 0 Å². The number of amides is 1. The van der Waals surface area contributed by atoms with Crippen molar-refractivity contribution in [2.45, 2.75) is 24.7 Å². The number of hydroxylamine groups is 2. The van der Waals surface area contributed by atoms with Crippen LogP contribution in [0.5, 0.6) is 0 Å². The van der Waals surface area contributed by atoms with Crippen molar-refractivity contribution < 1.29 is 27.2 Å². The molecule has 0 aromatic heterocycles. The van der Waals surface area contributed by atoms with Crippen LogP contribution in [0.2, 0.25) is 0 Å². The summed E-state index contributed by atoms with van der Waals surface area (Å²) in [5, 5.41) is 1.10. The third kappa shape index (κ3) is 4.18. The van der Waals surface area contributed by atoms with Crippen molar-refractivity contribution in [3.8, 4) is 0 Å². The van der Waals surface area contributed by atoms with Gasteiger partial charge in [-0.1, -0.05) is 30.4 Å². The van der Waals surface area contributed by atoms with Crippen molar-refractivity contribution >= 4 is 5.91 Å². The molecule has 8 heteroatoms. The summed E-state index contributed by atoms with van der Waals surface area (Å²) < 4.78 is 52.0. The zero-order chi connectivity index (χ0) is 20.6. The smallest absolute Gasteiger partial charge is 0.274 e. The lowest BCUT2D eigenvalue weighted by Crippen LogP contribution is -2.60. The normalized spacial score (nSPS) is 23.9. The SMILES string of the molecule is O=C(c1cccc(C(F)(F)F)c1)N1CN2CC=CC(O1)C2Cc1ccc(F)cc1. The predicted octanol–water partition coefficient (Wildman–Crippen LogP) is 4.04. The Bertz CT molecular complexity index is 927. The number of fused-ring (bicyclic) bond motifs is 2. The molecule has 2 bridgehead atoms. The van der Waals surface area contributed by atoms with E-state index in [-0.39, 0.29) is 24.1 Å². The van der Waals surface area contributed by atoms with Crippen LogP contribution in [0, 0.1) is 5.82 Å². The Kier molecular flexibility index (Phi) is 5.14. The van der Waals surface area contributed by atoms with Gasteiger partial charge in [-0.3, -0.25) is 14.5 Å². The highest BCUT2D eigenvalue weighted by atomic mass is 19.4. The van der Waals surface area contributed by atoms with Crippen LogP contribution in [0.25, 0.3) is 0 Å². The van der Waals surface area contributed by atoms with Gasteiger partial charge in [0.2, 0.25) is 0 Å². The molecule has 3 unspecified atom stereocenters. The van der Waals surface area contributed by atoms with E-state index in [2.05, 4.69) is 0 Å². The fourth-order valence-corrected chi connectivity index (χ4v) is 3.61. The summed E-state index contributed by atoms with van der Waals surface area (Å²) in [7, 11) is 0. The van der Waals surface area contributed by atoms with Crippen molar-refractivity contribution in [2.75, 3.05) is 13.2 Å². The van der Waals surface area contributed by atoms with Gasteiger partial charge in [-0.15, -0.1) is 0 Å². The maximum Gasteiger partial charge on any atom is 0.416 e. The van der Waals surface area contributed by atoms with Gasteiger partial charge in [0, 0.05) is 18.2 Å². The molecule has 0 radical (unpaired) electrons. The number of halogens is 4. The average Bonchev–Trinajstić information content (AvgIpc) is 2.68. The molecule has 1 saturated heterocycles. The van der Waals surface area contributed by atoms with Crippen molar-refractivity contribution in [3.63, 3.8) is 0 Å². The predicted molar refractivity (Wildman–Crippen MR) is 97.1 cm³/mol. The van der Waals surface area contributed by atoms with Gasteiger partial charge in [-0.25, -0.2) is 9.45 Å². The molecule has 0 saturated carbocycles.